The molecule has 152 valence electrons. The number of thioether (sulfide) groups is 1. The Morgan fingerprint density at radius 3 is 2.55 bits per heavy atom. The summed E-state index contributed by atoms with van der Waals surface area (Å²) in [5.41, 5.74) is 1.98. The molecule has 1 fully saturated rings. The van der Waals surface area contributed by atoms with E-state index in [0.29, 0.717) is 11.7 Å². The lowest BCUT2D eigenvalue weighted by Gasteiger charge is -2.16. The van der Waals surface area contributed by atoms with Crippen molar-refractivity contribution in [3.63, 3.8) is 0 Å². The Kier molecular flexibility index (Phi) is 7.89. The van der Waals surface area contributed by atoms with Gasteiger partial charge in [-0.15, -0.1) is 5.10 Å². The molecule has 0 N–H and O–H groups in total. The number of rotatable bonds is 8. The van der Waals surface area contributed by atoms with E-state index in [4.69, 9.17) is 4.74 Å². The van der Waals surface area contributed by atoms with Crippen LogP contribution >= 0.6 is 27.7 Å². The molecule has 2 aromatic rings. The Hall–Kier alpha value is -2.12. The van der Waals surface area contributed by atoms with Crippen LogP contribution in [-0.4, -0.2) is 34.5 Å². The molecule has 0 spiro atoms. The van der Waals surface area contributed by atoms with Gasteiger partial charge in [-0.2, -0.15) is 5.10 Å². The van der Waals surface area contributed by atoms with Crippen molar-refractivity contribution in [1.82, 2.24) is 4.90 Å². The van der Waals surface area contributed by atoms with Gasteiger partial charge in [-0.05, 0) is 41.8 Å². The van der Waals surface area contributed by atoms with E-state index in [0.717, 1.165) is 40.6 Å². The average molecular weight is 474 g/mol. The van der Waals surface area contributed by atoms with E-state index < -0.39 is 0 Å². The molecule has 0 aliphatic carbocycles. The predicted octanol–water partition coefficient (Wildman–Crippen LogP) is 5.48. The summed E-state index contributed by atoms with van der Waals surface area (Å²) < 4.78 is 6.23. The molecular weight excluding hydrogens is 450 g/mol. The van der Waals surface area contributed by atoms with Crippen LogP contribution in [-0.2, 0) is 11.3 Å². The summed E-state index contributed by atoms with van der Waals surface area (Å²) in [6.07, 6.45) is 4.65. The van der Waals surface area contributed by atoms with Gasteiger partial charge < -0.3 is 4.74 Å². The molecule has 1 atom stereocenters. The first-order valence-corrected chi connectivity index (χ1v) is 11.3. The second-order valence-corrected chi connectivity index (χ2v) is 8.79. The number of amides is 1. The third-order valence-electron chi connectivity index (χ3n) is 4.56. The molecule has 0 radical (unpaired) electrons. The average Bonchev–Trinajstić information content (AvgIpc) is 3.03. The Balaban J connectivity index is 1.78. The minimum Gasteiger partial charge on any atom is -0.497 e. The largest absolute Gasteiger partial charge is 0.497 e. The molecule has 1 aliphatic rings. The van der Waals surface area contributed by atoms with Crippen molar-refractivity contribution in [1.29, 1.82) is 0 Å². The van der Waals surface area contributed by atoms with E-state index in [-0.39, 0.29) is 11.2 Å². The minimum atomic E-state index is -0.0881. The molecule has 3 rings (SSSR count). The van der Waals surface area contributed by atoms with Crippen LogP contribution in [0.5, 0.6) is 5.75 Å². The third kappa shape index (κ3) is 5.93. The highest BCUT2D eigenvalue weighted by Crippen LogP contribution is 2.32. The molecule has 2 aromatic carbocycles. The van der Waals surface area contributed by atoms with E-state index in [9.17, 15) is 4.79 Å². The molecule has 0 aromatic heterocycles. The number of nitrogens with zero attached hydrogens (tertiary/aromatic N) is 3. The minimum absolute atomic E-state index is 0.0881. The van der Waals surface area contributed by atoms with Crippen LogP contribution in [0.15, 0.2) is 63.2 Å². The van der Waals surface area contributed by atoms with E-state index >= 15 is 0 Å². The Morgan fingerprint density at radius 2 is 1.90 bits per heavy atom. The highest BCUT2D eigenvalue weighted by molar-refractivity contribution is 9.10. The van der Waals surface area contributed by atoms with Crippen molar-refractivity contribution >= 4 is 45.0 Å². The summed E-state index contributed by atoms with van der Waals surface area (Å²) in [4.78, 5) is 14.7. The lowest BCUT2D eigenvalue weighted by molar-refractivity contribution is -0.126. The molecule has 1 aliphatic heterocycles. The third-order valence-corrected chi connectivity index (χ3v) is 6.32. The number of hydrogen-bond donors (Lipinski definition) is 0. The first-order chi connectivity index (χ1) is 14.1. The summed E-state index contributed by atoms with van der Waals surface area (Å²) in [7, 11) is 1.64. The Bertz CT molecular complexity index is 882. The number of carbonyl (C=O) groups is 1. The summed E-state index contributed by atoms with van der Waals surface area (Å²) in [5.74, 6) is 0.904. The van der Waals surface area contributed by atoms with Crippen LogP contribution in [0, 0.1) is 0 Å². The van der Waals surface area contributed by atoms with Gasteiger partial charge in [0.2, 0.25) is 5.91 Å². The van der Waals surface area contributed by atoms with Gasteiger partial charge in [-0.1, -0.05) is 71.7 Å². The lowest BCUT2D eigenvalue weighted by Crippen LogP contribution is -2.31. The zero-order valence-corrected chi connectivity index (χ0v) is 18.9. The predicted molar refractivity (Wildman–Crippen MR) is 124 cm³/mol. The fourth-order valence-electron chi connectivity index (χ4n) is 2.91. The van der Waals surface area contributed by atoms with Crippen LogP contribution in [0.25, 0.3) is 0 Å². The number of halogens is 1. The van der Waals surface area contributed by atoms with Crippen molar-refractivity contribution in [3.05, 3.63) is 64.1 Å². The Morgan fingerprint density at radius 1 is 1.17 bits per heavy atom. The molecule has 0 saturated carbocycles. The SMILES string of the molecule is CCCC[C@@H]1S/C(=N\N=C/c2ccc(Br)cc2)N(Cc2ccc(OC)cc2)C1=O. The van der Waals surface area contributed by atoms with E-state index in [1.807, 2.05) is 48.5 Å². The normalized spacial score (nSPS) is 18.2. The first kappa shape index (κ1) is 21.6. The summed E-state index contributed by atoms with van der Waals surface area (Å²) in [6, 6.07) is 15.6. The van der Waals surface area contributed by atoms with Crippen molar-refractivity contribution in [2.45, 2.75) is 38.0 Å². The number of unbranched alkanes of at least 4 members (excludes halogenated alkanes) is 1. The number of benzene rings is 2. The molecule has 1 amide bonds. The van der Waals surface area contributed by atoms with Gasteiger partial charge in [0.25, 0.3) is 0 Å². The highest BCUT2D eigenvalue weighted by Gasteiger charge is 2.37. The zero-order chi connectivity index (χ0) is 20.6. The van der Waals surface area contributed by atoms with Gasteiger partial charge in [-0.25, -0.2) is 0 Å². The highest BCUT2D eigenvalue weighted by atomic mass is 79.9. The van der Waals surface area contributed by atoms with Gasteiger partial charge in [0.1, 0.15) is 5.75 Å². The lowest BCUT2D eigenvalue weighted by atomic mass is 10.1. The molecule has 1 heterocycles. The first-order valence-electron chi connectivity index (χ1n) is 9.58. The quantitative estimate of drug-likeness (QED) is 0.376. The van der Waals surface area contributed by atoms with Gasteiger partial charge in [-0.3, -0.25) is 9.69 Å². The van der Waals surface area contributed by atoms with Crippen LogP contribution < -0.4 is 4.74 Å². The molecular formula is C22H24BrN3O2S. The number of methoxy groups -OCH3 is 1. The second-order valence-electron chi connectivity index (χ2n) is 6.70. The zero-order valence-electron chi connectivity index (χ0n) is 16.5. The van der Waals surface area contributed by atoms with Crippen molar-refractivity contribution in [3.8, 4) is 5.75 Å². The fraction of sp³-hybridized carbons (Fsp3) is 0.318. The maximum absolute atomic E-state index is 13.0. The maximum Gasteiger partial charge on any atom is 0.242 e. The van der Waals surface area contributed by atoms with Gasteiger partial charge in [0, 0.05) is 4.47 Å². The van der Waals surface area contributed by atoms with Crippen molar-refractivity contribution in [2.24, 2.45) is 10.2 Å². The smallest absolute Gasteiger partial charge is 0.242 e. The van der Waals surface area contributed by atoms with Crippen LogP contribution in [0.3, 0.4) is 0 Å². The summed E-state index contributed by atoms with van der Waals surface area (Å²) >= 11 is 4.93. The van der Waals surface area contributed by atoms with Crippen LogP contribution in [0.2, 0.25) is 0 Å². The molecule has 29 heavy (non-hydrogen) atoms. The monoisotopic (exact) mass is 473 g/mol. The molecule has 5 nitrogen and oxygen atoms in total. The van der Waals surface area contributed by atoms with Crippen LogP contribution in [0.1, 0.15) is 37.3 Å². The molecule has 0 unspecified atom stereocenters. The second kappa shape index (κ2) is 10.6. The number of hydrogen-bond acceptors (Lipinski definition) is 5. The van der Waals surface area contributed by atoms with E-state index in [1.54, 1.807) is 18.2 Å². The maximum atomic E-state index is 13.0. The molecule has 1 saturated heterocycles. The van der Waals surface area contributed by atoms with Gasteiger partial charge in [0.05, 0.1) is 25.1 Å². The van der Waals surface area contributed by atoms with E-state index in [2.05, 4.69) is 33.1 Å². The van der Waals surface area contributed by atoms with E-state index in [1.165, 1.54) is 11.8 Å². The van der Waals surface area contributed by atoms with Crippen molar-refractivity contribution < 1.29 is 9.53 Å². The molecule has 0 bridgehead atoms. The van der Waals surface area contributed by atoms with Gasteiger partial charge in [0.15, 0.2) is 5.17 Å². The van der Waals surface area contributed by atoms with Crippen molar-refractivity contribution in [2.75, 3.05) is 7.11 Å². The van der Waals surface area contributed by atoms with Gasteiger partial charge >= 0.3 is 0 Å². The summed E-state index contributed by atoms with van der Waals surface area (Å²) in [5, 5.41) is 9.18. The fourth-order valence-corrected chi connectivity index (χ4v) is 4.32. The summed E-state index contributed by atoms with van der Waals surface area (Å²) in [6.45, 7) is 2.61. The standard InChI is InChI=1S/C22H24BrN3O2S/c1-3-4-5-20-21(27)26(15-17-8-12-19(28-2)13-9-17)22(29-20)25-24-14-16-6-10-18(23)11-7-16/h6-14,20H,3-5,15H2,1-2H3/b24-14-,25-22-/t20-/m0/s1. The number of ether oxygens (including phenoxy) is 1. The topological polar surface area (TPSA) is 54.3 Å². The number of carbonyl (C=O) groups excluding carboxylic acids is 1. The molecule has 7 heteroatoms. The number of amidine groups is 1. The Labute approximate surface area is 184 Å². The van der Waals surface area contributed by atoms with Crippen LogP contribution in [0.4, 0.5) is 0 Å².